The molecule has 1 aromatic carbocycles. The first-order valence-corrected chi connectivity index (χ1v) is 9.67. The third kappa shape index (κ3) is 3.51. The standard InChI is InChI=1S/C20H27ClN4O/c1-5-23-10-12-24(13-11-23)20(26)18-15(4)22-25(19(18)14(2)3)17-9-7-6-8-16(17)21/h6-9,14H,5,10-13H2,1-4H3. The molecule has 0 radical (unpaired) electrons. The normalized spacial score (nSPS) is 15.7. The van der Waals surface area contributed by atoms with Crippen LogP contribution in [-0.2, 0) is 0 Å². The first kappa shape index (κ1) is 18.9. The molecule has 6 heteroatoms. The summed E-state index contributed by atoms with van der Waals surface area (Å²) in [5.74, 6) is 0.239. The predicted octanol–water partition coefficient (Wildman–Crippen LogP) is 3.74. The molecule has 26 heavy (non-hydrogen) atoms. The molecule has 2 aromatic rings. The molecular formula is C20H27ClN4O. The summed E-state index contributed by atoms with van der Waals surface area (Å²) in [6, 6.07) is 7.63. The fourth-order valence-corrected chi connectivity index (χ4v) is 3.79. The summed E-state index contributed by atoms with van der Waals surface area (Å²) >= 11 is 6.40. The Morgan fingerprint density at radius 2 is 1.85 bits per heavy atom. The highest BCUT2D eigenvalue weighted by molar-refractivity contribution is 6.32. The number of aryl methyl sites for hydroxylation is 1. The second-order valence-corrected chi connectivity index (χ2v) is 7.50. The highest BCUT2D eigenvalue weighted by Gasteiger charge is 2.29. The Morgan fingerprint density at radius 1 is 1.19 bits per heavy atom. The minimum atomic E-state index is 0.0836. The summed E-state index contributed by atoms with van der Waals surface area (Å²) in [7, 11) is 0. The van der Waals surface area contributed by atoms with Crippen LogP contribution in [0.25, 0.3) is 5.69 Å². The molecule has 5 nitrogen and oxygen atoms in total. The smallest absolute Gasteiger partial charge is 0.257 e. The van der Waals surface area contributed by atoms with Gasteiger partial charge in [-0.1, -0.05) is 44.5 Å². The van der Waals surface area contributed by atoms with Crippen molar-refractivity contribution in [3.8, 4) is 5.69 Å². The molecule has 0 spiro atoms. The van der Waals surface area contributed by atoms with E-state index in [1.165, 1.54) is 0 Å². The maximum absolute atomic E-state index is 13.3. The second-order valence-electron chi connectivity index (χ2n) is 7.09. The van der Waals surface area contributed by atoms with Crippen LogP contribution < -0.4 is 0 Å². The number of amides is 1. The molecule has 1 aliphatic rings. The maximum Gasteiger partial charge on any atom is 0.257 e. The second kappa shape index (κ2) is 7.80. The lowest BCUT2D eigenvalue weighted by atomic mass is 10.0. The number of benzene rings is 1. The monoisotopic (exact) mass is 374 g/mol. The van der Waals surface area contributed by atoms with Crippen LogP contribution in [0.2, 0.25) is 5.02 Å². The van der Waals surface area contributed by atoms with Gasteiger partial charge in [-0.2, -0.15) is 5.10 Å². The molecule has 1 saturated heterocycles. The molecule has 1 aromatic heterocycles. The largest absolute Gasteiger partial charge is 0.336 e. The van der Waals surface area contributed by atoms with Crippen LogP contribution in [0.15, 0.2) is 24.3 Å². The zero-order valence-electron chi connectivity index (χ0n) is 16.0. The minimum Gasteiger partial charge on any atom is -0.336 e. The number of hydrogen-bond acceptors (Lipinski definition) is 3. The van der Waals surface area contributed by atoms with Gasteiger partial charge in [0.15, 0.2) is 0 Å². The topological polar surface area (TPSA) is 41.4 Å². The highest BCUT2D eigenvalue weighted by Crippen LogP contribution is 2.30. The van der Waals surface area contributed by atoms with Crippen molar-refractivity contribution in [2.75, 3.05) is 32.7 Å². The van der Waals surface area contributed by atoms with Crippen molar-refractivity contribution in [3.05, 3.63) is 46.2 Å². The number of piperazine rings is 1. The zero-order valence-corrected chi connectivity index (χ0v) is 16.8. The molecule has 2 heterocycles. The van der Waals surface area contributed by atoms with Gasteiger partial charge in [0.1, 0.15) is 0 Å². The summed E-state index contributed by atoms with van der Waals surface area (Å²) < 4.78 is 1.85. The first-order valence-electron chi connectivity index (χ1n) is 9.30. The lowest BCUT2D eigenvalue weighted by Gasteiger charge is -2.34. The van der Waals surface area contributed by atoms with Gasteiger partial charge in [-0.05, 0) is 31.5 Å². The Kier molecular flexibility index (Phi) is 5.68. The molecule has 0 unspecified atom stereocenters. The van der Waals surface area contributed by atoms with E-state index >= 15 is 0 Å². The van der Waals surface area contributed by atoms with Gasteiger partial charge < -0.3 is 9.80 Å². The van der Waals surface area contributed by atoms with E-state index in [9.17, 15) is 4.79 Å². The van der Waals surface area contributed by atoms with Crippen molar-refractivity contribution >= 4 is 17.5 Å². The number of aromatic nitrogens is 2. The summed E-state index contributed by atoms with van der Waals surface area (Å²) in [5.41, 5.74) is 3.23. The first-order chi connectivity index (χ1) is 12.4. The predicted molar refractivity (Wildman–Crippen MR) is 105 cm³/mol. The minimum absolute atomic E-state index is 0.0836. The van der Waals surface area contributed by atoms with Crippen molar-refractivity contribution in [2.24, 2.45) is 0 Å². The Bertz CT molecular complexity index is 791. The number of halogens is 1. The van der Waals surface area contributed by atoms with E-state index in [0.717, 1.165) is 55.4 Å². The van der Waals surface area contributed by atoms with Gasteiger partial charge in [0, 0.05) is 26.2 Å². The van der Waals surface area contributed by atoms with Gasteiger partial charge in [-0.25, -0.2) is 4.68 Å². The Balaban J connectivity index is 2.00. The fraction of sp³-hybridized carbons (Fsp3) is 0.500. The Morgan fingerprint density at radius 3 is 2.42 bits per heavy atom. The van der Waals surface area contributed by atoms with Gasteiger partial charge in [0.2, 0.25) is 0 Å². The number of hydrogen-bond donors (Lipinski definition) is 0. The molecule has 1 aliphatic heterocycles. The van der Waals surface area contributed by atoms with Gasteiger partial charge >= 0.3 is 0 Å². The average molecular weight is 375 g/mol. The third-order valence-electron chi connectivity index (χ3n) is 5.04. The molecule has 3 rings (SSSR count). The van der Waals surface area contributed by atoms with Crippen molar-refractivity contribution in [2.45, 2.75) is 33.6 Å². The number of para-hydroxylation sites is 1. The zero-order chi connectivity index (χ0) is 18.8. The Hall–Kier alpha value is -1.85. The number of likely N-dealkylation sites (N-methyl/N-ethyl adjacent to an activating group) is 1. The molecule has 0 N–H and O–H groups in total. The van der Waals surface area contributed by atoms with Gasteiger partial charge in [0.05, 0.1) is 27.7 Å². The van der Waals surface area contributed by atoms with Crippen molar-refractivity contribution in [1.29, 1.82) is 0 Å². The van der Waals surface area contributed by atoms with Gasteiger partial charge in [-0.15, -0.1) is 0 Å². The third-order valence-corrected chi connectivity index (χ3v) is 5.36. The maximum atomic E-state index is 13.3. The SMILES string of the molecule is CCN1CCN(C(=O)c2c(C)nn(-c3ccccc3Cl)c2C(C)C)CC1. The molecule has 1 amide bonds. The van der Waals surface area contributed by atoms with Crippen LogP contribution in [0.4, 0.5) is 0 Å². The molecule has 0 saturated carbocycles. The number of carbonyl (C=O) groups excluding carboxylic acids is 1. The quantitative estimate of drug-likeness (QED) is 0.818. The van der Waals surface area contributed by atoms with Crippen LogP contribution in [-0.4, -0.2) is 58.2 Å². The van der Waals surface area contributed by atoms with E-state index in [4.69, 9.17) is 11.6 Å². The molecule has 140 valence electrons. The summed E-state index contributed by atoms with van der Waals surface area (Å²) in [4.78, 5) is 17.6. The van der Waals surface area contributed by atoms with Crippen LogP contribution >= 0.6 is 11.6 Å². The van der Waals surface area contributed by atoms with Crippen LogP contribution in [0.1, 0.15) is 48.4 Å². The molecule has 0 bridgehead atoms. The molecule has 0 atom stereocenters. The summed E-state index contributed by atoms with van der Waals surface area (Å²) in [5, 5.41) is 5.32. The summed E-state index contributed by atoms with van der Waals surface area (Å²) in [6.07, 6.45) is 0. The average Bonchev–Trinajstić information content (AvgIpc) is 2.98. The van der Waals surface area contributed by atoms with Crippen molar-refractivity contribution in [3.63, 3.8) is 0 Å². The molecule has 1 fully saturated rings. The van der Waals surface area contributed by atoms with Gasteiger partial charge in [-0.3, -0.25) is 4.79 Å². The van der Waals surface area contributed by atoms with Crippen molar-refractivity contribution < 1.29 is 4.79 Å². The van der Waals surface area contributed by atoms with E-state index in [0.29, 0.717) is 5.02 Å². The van der Waals surface area contributed by atoms with E-state index in [2.05, 4.69) is 30.8 Å². The van der Waals surface area contributed by atoms with Crippen molar-refractivity contribution in [1.82, 2.24) is 19.6 Å². The van der Waals surface area contributed by atoms with E-state index < -0.39 is 0 Å². The van der Waals surface area contributed by atoms with Crippen LogP contribution in [0.3, 0.4) is 0 Å². The van der Waals surface area contributed by atoms with Crippen LogP contribution in [0.5, 0.6) is 0 Å². The highest BCUT2D eigenvalue weighted by atomic mass is 35.5. The lowest BCUT2D eigenvalue weighted by molar-refractivity contribution is 0.0641. The number of rotatable bonds is 4. The Labute approximate surface area is 160 Å². The van der Waals surface area contributed by atoms with Crippen LogP contribution in [0, 0.1) is 6.92 Å². The fourth-order valence-electron chi connectivity index (χ4n) is 3.58. The molecule has 0 aliphatic carbocycles. The summed E-state index contributed by atoms with van der Waals surface area (Å²) in [6.45, 7) is 12.7. The van der Waals surface area contributed by atoms with E-state index in [-0.39, 0.29) is 11.8 Å². The number of carbonyl (C=O) groups is 1. The number of nitrogens with zero attached hydrogens (tertiary/aromatic N) is 4. The van der Waals surface area contributed by atoms with E-state index in [1.807, 2.05) is 40.8 Å². The van der Waals surface area contributed by atoms with Gasteiger partial charge in [0.25, 0.3) is 5.91 Å². The molecular weight excluding hydrogens is 348 g/mol. The van der Waals surface area contributed by atoms with E-state index in [1.54, 1.807) is 0 Å². The lowest BCUT2D eigenvalue weighted by Crippen LogP contribution is -2.48.